The van der Waals surface area contributed by atoms with Crippen molar-refractivity contribution in [2.45, 2.75) is 6.42 Å². The van der Waals surface area contributed by atoms with E-state index in [1.54, 1.807) is 29.2 Å². The summed E-state index contributed by atoms with van der Waals surface area (Å²) < 4.78 is 5.18. The first-order valence-electron chi connectivity index (χ1n) is 7.14. The Kier molecular flexibility index (Phi) is 6.03. The van der Waals surface area contributed by atoms with Crippen molar-refractivity contribution < 1.29 is 19.4 Å². The maximum Gasteiger partial charge on any atom is 0.317 e. The topological polar surface area (TPSA) is 78.9 Å². The fraction of sp³-hybridized carbons (Fsp3) is 0.467. The van der Waals surface area contributed by atoms with Gasteiger partial charge in [0.2, 0.25) is 0 Å². The van der Waals surface area contributed by atoms with Crippen molar-refractivity contribution in [3.63, 3.8) is 0 Å². The molecule has 1 saturated heterocycles. The van der Waals surface area contributed by atoms with Crippen molar-refractivity contribution in [1.29, 1.82) is 0 Å². The van der Waals surface area contributed by atoms with E-state index in [1.165, 1.54) is 0 Å². The molecule has 0 saturated carbocycles. The van der Waals surface area contributed by atoms with Gasteiger partial charge in [0.15, 0.2) is 0 Å². The number of urea groups is 1. The van der Waals surface area contributed by atoms with Gasteiger partial charge in [0.05, 0.1) is 19.1 Å². The lowest BCUT2D eigenvalue weighted by molar-refractivity contribution is -0.141. The van der Waals surface area contributed by atoms with Gasteiger partial charge in [0.1, 0.15) is 0 Å². The van der Waals surface area contributed by atoms with Gasteiger partial charge in [-0.05, 0) is 24.1 Å². The van der Waals surface area contributed by atoms with Crippen LogP contribution in [0.1, 0.15) is 5.56 Å². The van der Waals surface area contributed by atoms with Gasteiger partial charge < -0.3 is 20.1 Å². The van der Waals surface area contributed by atoms with Crippen LogP contribution in [0.3, 0.4) is 0 Å². The molecule has 2 rings (SSSR count). The average Bonchev–Trinajstić information content (AvgIpc) is 2.53. The van der Waals surface area contributed by atoms with Crippen LogP contribution < -0.4 is 5.32 Å². The molecule has 0 aliphatic carbocycles. The summed E-state index contributed by atoms with van der Waals surface area (Å²) in [6, 6.07) is 6.79. The lowest BCUT2D eigenvalue weighted by atomic mass is 9.99. The van der Waals surface area contributed by atoms with Crippen molar-refractivity contribution in [1.82, 2.24) is 10.2 Å². The predicted octanol–water partition coefficient (Wildman–Crippen LogP) is 1.63. The molecule has 1 fully saturated rings. The van der Waals surface area contributed by atoms with Gasteiger partial charge in [0, 0.05) is 24.7 Å². The van der Waals surface area contributed by atoms with Crippen LogP contribution in [-0.4, -0.2) is 54.9 Å². The molecule has 120 valence electrons. The molecule has 2 amide bonds. The number of nitrogens with one attached hydrogen (secondary N) is 1. The van der Waals surface area contributed by atoms with Gasteiger partial charge in [0.25, 0.3) is 0 Å². The van der Waals surface area contributed by atoms with E-state index in [-0.39, 0.29) is 12.6 Å². The summed E-state index contributed by atoms with van der Waals surface area (Å²) in [6.07, 6.45) is 0.343. The standard InChI is InChI=1S/C15H19ClN2O4/c16-13-3-1-11(2-4-13)9-12(14(19)20)10-17-15(21)18-5-7-22-8-6-18/h1-4,12H,5-10H2,(H,17,21)(H,19,20). The van der Waals surface area contributed by atoms with Gasteiger partial charge >= 0.3 is 12.0 Å². The third-order valence-corrected chi connectivity index (χ3v) is 3.79. The molecule has 0 radical (unpaired) electrons. The molecular weight excluding hydrogens is 308 g/mol. The van der Waals surface area contributed by atoms with E-state index in [4.69, 9.17) is 16.3 Å². The molecule has 1 aliphatic heterocycles. The highest BCUT2D eigenvalue weighted by molar-refractivity contribution is 6.30. The first kappa shape index (κ1) is 16.6. The van der Waals surface area contributed by atoms with Gasteiger partial charge in [-0.25, -0.2) is 4.79 Å². The Labute approximate surface area is 134 Å². The van der Waals surface area contributed by atoms with Crippen LogP contribution in [0.2, 0.25) is 5.02 Å². The first-order valence-corrected chi connectivity index (χ1v) is 7.52. The van der Waals surface area contributed by atoms with Gasteiger partial charge in [-0.3, -0.25) is 4.79 Å². The van der Waals surface area contributed by atoms with E-state index in [0.717, 1.165) is 5.56 Å². The smallest absolute Gasteiger partial charge is 0.317 e. The predicted molar refractivity (Wildman–Crippen MR) is 82.1 cm³/mol. The van der Waals surface area contributed by atoms with Crippen molar-refractivity contribution in [3.05, 3.63) is 34.9 Å². The molecule has 1 atom stereocenters. The molecule has 0 aromatic heterocycles. The quantitative estimate of drug-likeness (QED) is 0.862. The summed E-state index contributed by atoms with van der Waals surface area (Å²) in [7, 11) is 0. The summed E-state index contributed by atoms with van der Waals surface area (Å²) in [5, 5.41) is 12.6. The monoisotopic (exact) mass is 326 g/mol. The van der Waals surface area contributed by atoms with Gasteiger partial charge in [-0.15, -0.1) is 0 Å². The Morgan fingerprint density at radius 2 is 1.91 bits per heavy atom. The van der Waals surface area contributed by atoms with Gasteiger partial charge in [-0.1, -0.05) is 23.7 Å². The highest BCUT2D eigenvalue weighted by Crippen LogP contribution is 2.13. The fourth-order valence-corrected chi connectivity index (χ4v) is 2.37. The van der Waals surface area contributed by atoms with Crippen LogP contribution in [0, 0.1) is 5.92 Å². The third kappa shape index (κ3) is 4.89. The first-order chi connectivity index (χ1) is 10.6. The SMILES string of the molecule is O=C(O)C(CNC(=O)N1CCOCC1)Cc1ccc(Cl)cc1. The summed E-state index contributed by atoms with van der Waals surface area (Å²) >= 11 is 5.81. The highest BCUT2D eigenvalue weighted by Gasteiger charge is 2.22. The largest absolute Gasteiger partial charge is 0.481 e. The molecule has 7 heteroatoms. The number of amides is 2. The number of ether oxygens (including phenoxy) is 1. The zero-order valence-electron chi connectivity index (χ0n) is 12.1. The maximum absolute atomic E-state index is 12.0. The van der Waals surface area contributed by atoms with E-state index >= 15 is 0 Å². The number of carbonyl (C=O) groups is 2. The number of aliphatic carboxylic acids is 1. The zero-order valence-corrected chi connectivity index (χ0v) is 12.9. The van der Waals surface area contributed by atoms with Crippen LogP contribution in [0.5, 0.6) is 0 Å². The molecule has 1 aromatic rings. The van der Waals surface area contributed by atoms with Crippen LogP contribution in [0.4, 0.5) is 4.79 Å². The number of benzene rings is 1. The Morgan fingerprint density at radius 1 is 1.27 bits per heavy atom. The molecular formula is C15H19ClN2O4. The molecule has 1 heterocycles. The number of hydrogen-bond acceptors (Lipinski definition) is 3. The number of morpholine rings is 1. The second-order valence-electron chi connectivity index (χ2n) is 5.15. The summed E-state index contributed by atoms with van der Waals surface area (Å²) in [6.45, 7) is 2.18. The summed E-state index contributed by atoms with van der Waals surface area (Å²) in [5.41, 5.74) is 0.873. The maximum atomic E-state index is 12.0. The zero-order chi connectivity index (χ0) is 15.9. The Morgan fingerprint density at radius 3 is 2.50 bits per heavy atom. The lowest BCUT2D eigenvalue weighted by Crippen LogP contribution is -2.48. The Hall–Kier alpha value is -1.79. The molecule has 1 unspecified atom stereocenters. The third-order valence-electron chi connectivity index (χ3n) is 3.54. The van der Waals surface area contributed by atoms with Crippen LogP contribution in [0.15, 0.2) is 24.3 Å². The molecule has 1 aliphatic rings. The summed E-state index contributed by atoms with van der Waals surface area (Å²) in [5.74, 6) is -1.61. The number of rotatable bonds is 5. The fourth-order valence-electron chi connectivity index (χ4n) is 2.24. The average molecular weight is 327 g/mol. The van der Waals surface area contributed by atoms with Crippen molar-refractivity contribution >= 4 is 23.6 Å². The van der Waals surface area contributed by atoms with Crippen LogP contribution in [0.25, 0.3) is 0 Å². The normalized spacial score (nSPS) is 16.1. The van der Waals surface area contributed by atoms with Crippen LogP contribution in [-0.2, 0) is 16.0 Å². The van der Waals surface area contributed by atoms with Crippen molar-refractivity contribution in [2.75, 3.05) is 32.8 Å². The highest BCUT2D eigenvalue weighted by atomic mass is 35.5. The van der Waals surface area contributed by atoms with E-state index < -0.39 is 11.9 Å². The minimum absolute atomic E-state index is 0.0914. The van der Waals surface area contributed by atoms with E-state index in [2.05, 4.69) is 5.32 Å². The molecule has 0 spiro atoms. The van der Waals surface area contributed by atoms with Crippen molar-refractivity contribution in [2.24, 2.45) is 5.92 Å². The second-order valence-corrected chi connectivity index (χ2v) is 5.59. The number of hydrogen-bond donors (Lipinski definition) is 2. The van der Waals surface area contributed by atoms with Crippen molar-refractivity contribution in [3.8, 4) is 0 Å². The molecule has 1 aromatic carbocycles. The summed E-state index contributed by atoms with van der Waals surface area (Å²) in [4.78, 5) is 24.9. The van der Waals surface area contributed by atoms with E-state index in [1.807, 2.05) is 0 Å². The molecule has 22 heavy (non-hydrogen) atoms. The number of nitrogens with zero attached hydrogens (tertiary/aromatic N) is 1. The molecule has 2 N–H and O–H groups in total. The van der Waals surface area contributed by atoms with Gasteiger partial charge in [-0.2, -0.15) is 0 Å². The van der Waals surface area contributed by atoms with E-state index in [0.29, 0.717) is 37.7 Å². The number of carboxylic acid groups (broad SMARTS) is 1. The molecule has 0 bridgehead atoms. The minimum Gasteiger partial charge on any atom is -0.481 e. The second kappa shape index (κ2) is 8.00. The molecule has 6 nitrogen and oxygen atoms in total. The number of halogens is 1. The number of carboxylic acids is 1. The number of carbonyl (C=O) groups excluding carboxylic acids is 1. The lowest BCUT2D eigenvalue weighted by Gasteiger charge is -2.27. The Bertz CT molecular complexity index is 515. The minimum atomic E-state index is -0.933. The van der Waals surface area contributed by atoms with E-state index in [9.17, 15) is 14.7 Å². The Balaban J connectivity index is 1.87. The van der Waals surface area contributed by atoms with Crippen LogP contribution >= 0.6 is 11.6 Å².